The number of Topliss-reactive ketones (excluding diaryl/α,β-unsaturated/α-hetero) is 1. The molecule has 0 saturated heterocycles. The molecule has 0 heterocycles. The summed E-state index contributed by atoms with van der Waals surface area (Å²) in [6, 6.07) is 8.20. The van der Waals surface area contributed by atoms with Crippen molar-refractivity contribution in [3.8, 4) is 0 Å². The Labute approximate surface area is 130 Å². The van der Waals surface area contributed by atoms with Crippen molar-refractivity contribution in [1.82, 2.24) is 0 Å². The molecular weight excluding hydrogens is 284 g/mol. The molecule has 0 bridgehead atoms. The Morgan fingerprint density at radius 1 is 1.23 bits per heavy atom. The van der Waals surface area contributed by atoms with E-state index in [2.05, 4.69) is 0 Å². The predicted octanol–water partition coefficient (Wildman–Crippen LogP) is 0.315. The molecule has 1 aromatic rings. The second-order valence-electron chi connectivity index (χ2n) is 6.04. The van der Waals surface area contributed by atoms with Gasteiger partial charge in [-0.05, 0) is 24.3 Å². The summed E-state index contributed by atoms with van der Waals surface area (Å²) in [5, 5.41) is 19.4. The van der Waals surface area contributed by atoms with Gasteiger partial charge < -0.3 is 21.7 Å². The summed E-state index contributed by atoms with van der Waals surface area (Å²) in [7, 11) is 0. The van der Waals surface area contributed by atoms with Crippen LogP contribution in [-0.4, -0.2) is 39.7 Å². The molecule has 0 aliphatic carbocycles. The number of hydrogen-bond acceptors (Lipinski definition) is 5. The molecule has 6 heteroatoms. The molecule has 3 atom stereocenters. The number of aliphatic hydroxyl groups is 1. The molecule has 0 radical (unpaired) electrons. The Kier molecular flexibility index (Phi) is 6.22. The Balaban J connectivity index is 2.87. The third-order valence-corrected chi connectivity index (χ3v) is 3.54. The van der Waals surface area contributed by atoms with Gasteiger partial charge in [0.15, 0.2) is 11.3 Å². The van der Waals surface area contributed by atoms with Gasteiger partial charge >= 0.3 is 5.97 Å². The lowest BCUT2D eigenvalue weighted by Gasteiger charge is -2.29. The number of aliphatic carboxylic acids is 1. The minimum absolute atomic E-state index is 0.0592. The molecular formula is C16H24N2O4. The van der Waals surface area contributed by atoms with E-state index in [9.17, 15) is 19.8 Å². The molecule has 0 spiro atoms. The van der Waals surface area contributed by atoms with Crippen molar-refractivity contribution in [1.29, 1.82) is 0 Å². The van der Waals surface area contributed by atoms with Crippen molar-refractivity contribution in [2.45, 2.75) is 44.4 Å². The molecule has 1 aromatic carbocycles. The van der Waals surface area contributed by atoms with Gasteiger partial charge in [0.2, 0.25) is 0 Å². The van der Waals surface area contributed by atoms with Crippen LogP contribution in [0.25, 0.3) is 0 Å². The van der Waals surface area contributed by atoms with Crippen LogP contribution in [0.2, 0.25) is 0 Å². The molecule has 6 nitrogen and oxygen atoms in total. The fourth-order valence-electron chi connectivity index (χ4n) is 2.39. The van der Waals surface area contributed by atoms with Crippen molar-refractivity contribution in [2.75, 3.05) is 0 Å². The van der Waals surface area contributed by atoms with Gasteiger partial charge in [-0.1, -0.05) is 44.2 Å². The summed E-state index contributed by atoms with van der Waals surface area (Å²) < 4.78 is 0. The van der Waals surface area contributed by atoms with E-state index in [-0.39, 0.29) is 18.8 Å². The summed E-state index contributed by atoms with van der Waals surface area (Å²) in [5.74, 6) is -2.50. The lowest BCUT2D eigenvalue weighted by atomic mass is 9.81. The normalized spacial score (nSPS) is 16.8. The molecule has 6 N–H and O–H groups in total. The number of hydrogen-bond donors (Lipinski definition) is 4. The number of carbonyl (C=O) groups excluding carboxylic acids is 1. The molecule has 122 valence electrons. The van der Waals surface area contributed by atoms with Crippen LogP contribution in [0.5, 0.6) is 0 Å². The highest BCUT2D eigenvalue weighted by molar-refractivity contribution is 6.09. The maximum Gasteiger partial charge on any atom is 0.331 e. The molecule has 0 aromatic heterocycles. The fraction of sp³-hybridized carbons (Fsp3) is 0.500. The standard InChI is InChI=1S/C16H24N2O4/c1-10(2)9-16(18,15(21)22)14(20)13(19)12(17)8-11-6-4-3-5-7-11/h3-7,10,12-13,19H,8-9,17-18H2,1-2H3,(H,21,22)/t12?,13-,16?/m1/s1. The zero-order chi connectivity index (χ0) is 16.9. The topological polar surface area (TPSA) is 127 Å². The van der Waals surface area contributed by atoms with Gasteiger partial charge in [0.25, 0.3) is 0 Å². The summed E-state index contributed by atoms with van der Waals surface area (Å²) in [6.45, 7) is 3.52. The quantitative estimate of drug-likeness (QED) is 0.512. The Morgan fingerprint density at radius 2 is 1.77 bits per heavy atom. The Bertz CT molecular complexity index is 518. The van der Waals surface area contributed by atoms with Crippen molar-refractivity contribution >= 4 is 11.8 Å². The van der Waals surface area contributed by atoms with Crippen molar-refractivity contribution in [2.24, 2.45) is 17.4 Å². The molecule has 22 heavy (non-hydrogen) atoms. The predicted molar refractivity (Wildman–Crippen MR) is 83.1 cm³/mol. The van der Waals surface area contributed by atoms with E-state index >= 15 is 0 Å². The number of carboxylic acid groups (broad SMARTS) is 1. The van der Waals surface area contributed by atoms with Crippen molar-refractivity contribution in [3.63, 3.8) is 0 Å². The number of benzene rings is 1. The summed E-state index contributed by atoms with van der Waals surface area (Å²) in [5.41, 5.74) is 10.3. The van der Waals surface area contributed by atoms with E-state index < -0.39 is 29.4 Å². The summed E-state index contributed by atoms with van der Waals surface area (Å²) in [4.78, 5) is 23.7. The first-order chi connectivity index (χ1) is 10.2. The summed E-state index contributed by atoms with van der Waals surface area (Å²) >= 11 is 0. The molecule has 0 amide bonds. The van der Waals surface area contributed by atoms with E-state index in [1.807, 2.05) is 30.3 Å². The van der Waals surface area contributed by atoms with Crippen molar-refractivity contribution in [3.05, 3.63) is 35.9 Å². The first kappa shape index (κ1) is 18.3. The molecule has 1 rings (SSSR count). The average Bonchev–Trinajstić information content (AvgIpc) is 2.45. The third-order valence-electron chi connectivity index (χ3n) is 3.54. The van der Waals surface area contributed by atoms with Gasteiger partial charge in [-0.2, -0.15) is 0 Å². The van der Waals surface area contributed by atoms with Crippen LogP contribution in [0.1, 0.15) is 25.8 Å². The molecule has 0 aliphatic rings. The summed E-state index contributed by atoms with van der Waals surface area (Å²) in [6.07, 6.45) is -1.43. The van der Waals surface area contributed by atoms with E-state index in [1.54, 1.807) is 13.8 Å². The lowest BCUT2D eigenvalue weighted by Crippen LogP contribution is -2.62. The van der Waals surface area contributed by atoms with Crippen LogP contribution >= 0.6 is 0 Å². The van der Waals surface area contributed by atoms with Gasteiger partial charge in [-0.15, -0.1) is 0 Å². The fourth-order valence-corrected chi connectivity index (χ4v) is 2.39. The van der Waals surface area contributed by atoms with Crippen LogP contribution in [0, 0.1) is 5.92 Å². The van der Waals surface area contributed by atoms with E-state index in [1.165, 1.54) is 0 Å². The number of aliphatic hydroxyl groups excluding tert-OH is 1. The number of ketones is 1. The largest absolute Gasteiger partial charge is 0.480 e. The Morgan fingerprint density at radius 3 is 2.23 bits per heavy atom. The number of rotatable bonds is 8. The van der Waals surface area contributed by atoms with Gasteiger partial charge in [-0.25, -0.2) is 4.79 Å². The van der Waals surface area contributed by atoms with Crippen LogP contribution in [0.15, 0.2) is 30.3 Å². The van der Waals surface area contributed by atoms with Gasteiger partial charge in [0.05, 0.1) is 0 Å². The zero-order valence-corrected chi connectivity index (χ0v) is 12.9. The van der Waals surface area contributed by atoms with E-state index in [0.717, 1.165) is 5.56 Å². The van der Waals surface area contributed by atoms with Crippen molar-refractivity contribution < 1.29 is 19.8 Å². The minimum Gasteiger partial charge on any atom is -0.480 e. The maximum absolute atomic E-state index is 12.3. The van der Waals surface area contributed by atoms with Crippen LogP contribution < -0.4 is 11.5 Å². The first-order valence-electron chi connectivity index (χ1n) is 7.22. The third kappa shape index (κ3) is 4.37. The highest BCUT2D eigenvalue weighted by Crippen LogP contribution is 2.19. The van der Waals surface area contributed by atoms with Gasteiger partial charge in [-0.3, -0.25) is 4.79 Å². The monoisotopic (exact) mass is 308 g/mol. The lowest BCUT2D eigenvalue weighted by molar-refractivity contribution is -0.152. The van der Waals surface area contributed by atoms with Crippen LogP contribution in [0.3, 0.4) is 0 Å². The smallest absolute Gasteiger partial charge is 0.331 e. The zero-order valence-electron chi connectivity index (χ0n) is 12.9. The number of carboxylic acids is 1. The molecule has 0 aliphatic heterocycles. The number of nitrogens with two attached hydrogens (primary N) is 2. The molecule has 2 unspecified atom stereocenters. The molecule has 0 fully saturated rings. The average molecular weight is 308 g/mol. The highest BCUT2D eigenvalue weighted by Gasteiger charge is 2.46. The van der Waals surface area contributed by atoms with E-state index in [0.29, 0.717) is 0 Å². The van der Waals surface area contributed by atoms with Gasteiger partial charge in [0, 0.05) is 6.04 Å². The maximum atomic E-state index is 12.3. The molecule has 0 saturated carbocycles. The van der Waals surface area contributed by atoms with Crippen LogP contribution in [-0.2, 0) is 16.0 Å². The van der Waals surface area contributed by atoms with Gasteiger partial charge in [0.1, 0.15) is 6.10 Å². The minimum atomic E-state index is -2.12. The number of carbonyl (C=O) groups is 2. The Hall–Kier alpha value is -1.76. The SMILES string of the molecule is CC(C)CC(N)(C(=O)O)C(=O)[C@H](O)C(N)Cc1ccccc1. The first-order valence-corrected chi connectivity index (χ1v) is 7.22. The second-order valence-corrected chi connectivity index (χ2v) is 6.04. The van der Waals surface area contributed by atoms with Crippen LogP contribution in [0.4, 0.5) is 0 Å². The van der Waals surface area contributed by atoms with E-state index in [4.69, 9.17) is 11.5 Å². The highest BCUT2D eigenvalue weighted by atomic mass is 16.4. The second kappa shape index (κ2) is 7.49.